The second-order valence-corrected chi connectivity index (χ2v) is 7.23. The van der Waals surface area contributed by atoms with Gasteiger partial charge in [0.1, 0.15) is 11.5 Å². The SMILES string of the molecule is CCS(=O)(=O)N1CCN(C(=O)c2ccc(OC)cc2O)CC1. The topological polar surface area (TPSA) is 87.2 Å². The van der Waals surface area contributed by atoms with E-state index in [-0.39, 0.29) is 36.1 Å². The van der Waals surface area contributed by atoms with Gasteiger partial charge in [-0.05, 0) is 19.1 Å². The predicted octanol–water partition coefficient (Wildman–Crippen LogP) is 0.508. The Bertz CT molecular complexity index is 651. The molecule has 1 N–H and O–H groups in total. The third-order valence-corrected chi connectivity index (χ3v) is 5.60. The van der Waals surface area contributed by atoms with E-state index in [9.17, 15) is 18.3 Å². The molecule has 0 spiro atoms. The average molecular weight is 328 g/mol. The molecule has 7 nitrogen and oxygen atoms in total. The summed E-state index contributed by atoms with van der Waals surface area (Å²) in [5.41, 5.74) is 0.188. The van der Waals surface area contributed by atoms with Crippen LogP contribution in [-0.2, 0) is 10.0 Å². The van der Waals surface area contributed by atoms with E-state index in [1.807, 2.05) is 0 Å². The number of phenolic OH excluding ortho intramolecular Hbond substituents is 1. The standard InChI is InChI=1S/C14H20N2O5S/c1-3-22(19,20)16-8-6-15(7-9-16)14(18)12-5-4-11(21-2)10-13(12)17/h4-5,10,17H,3,6-9H2,1-2H3. The number of hydrogen-bond acceptors (Lipinski definition) is 5. The van der Waals surface area contributed by atoms with Crippen LogP contribution in [0.4, 0.5) is 0 Å². The number of phenols is 1. The molecule has 0 radical (unpaired) electrons. The van der Waals surface area contributed by atoms with Gasteiger partial charge < -0.3 is 14.7 Å². The van der Waals surface area contributed by atoms with E-state index in [0.717, 1.165) is 0 Å². The molecule has 22 heavy (non-hydrogen) atoms. The molecule has 0 unspecified atom stereocenters. The maximum absolute atomic E-state index is 12.4. The van der Waals surface area contributed by atoms with Crippen LogP contribution >= 0.6 is 0 Å². The molecule has 122 valence electrons. The molecule has 1 aliphatic heterocycles. The molecule has 1 aliphatic rings. The Labute approximate surface area is 130 Å². The molecule has 2 rings (SSSR count). The van der Waals surface area contributed by atoms with Crippen molar-refractivity contribution in [2.45, 2.75) is 6.92 Å². The molecule has 1 aromatic rings. The van der Waals surface area contributed by atoms with Crippen LogP contribution in [0.15, 0.2) is 18.2 Å². The molecule has 1 heterocycles. The second-order valence-electron chi connectivity index (χ2n) is 4.97. The van der Waals surface area contributed by atoms with Crippen molar-refractivity contribution in [3.63, 3.8) is 0 Å². The molecule has 8 heteroatoms. The minimum Gasteiger partial charge on any atom is -0.507 e. The first-order chi connectivity index (χ1) is 10.4. The lowest BCUT2D eigenvalue weighted by Crippen LogP contribution is -2.50. The molecule has 1 amide bonds. The monoisotopic (exact) mass is 328 g/mol. The third kappa shape index (κ3) is 3.33. The minimum atomic E-state index is -3.22. The van der Waals surface area contributed by atoms with Crippen molar-refractivity contribution in [3.05, 3.63) is 23.8 Å². The van der Waals surface area contributed by atoms with E-state index >= 15 is 0 Å². The Morgan fingerprint density at radius 3 is 2.41 bits per heavy atom. The highest BCUT2D eigenvalue weighted by molar-refractivity contribution is 7.89. The lowest BCUT2D eigenvalue weighted by atomic mass is 10.1. The van der Waals surface area contributed by atoms with Crippen molar-refractivity contribution in [1.29, 1.82) is 0 Å². The van der Waals surface area contributed by atoms with Gasteiger partial charge in [-0.2, -0.15) is 4.31 Å². The average Bonchev–Trinajstić information content (AvgIpc) is 2.54. The van der Waals surface area contributed by atoms with Gasteiger partial charge >= 0.3 is 0 Å². The number of hydrogen-bond donors (Lipinski definition) is 1. The van der Waals surface area contributed by atoms with Crippen LogP contribution < -0.4 is 4.74 Å². The highest BCUT2D eigenvalue weighted by Gasteiger charge is 2.28. The van der Waals surface area contributed by atoms with Gasteiger partial charge in [0.15, 0.2) is 0 Å². The van der Waals surface area contributed by atoms with E-state index in [0.29, 0.717) is 18.8 Å². The fraction of sp³-hybridized carbons (Fsp3) is 0.500. The first-order valence-electron chi connectivity index (χ1n) is 7.03. The Morgan fingerprint density at radius 1 is 1.27 bits per heavy atom. The zero-order valence-electron chi connectivity index (χ0n) is 12.7. The maximum atomic E-state index is 12.4. The largest absolute Gasteiger partial charge is 0.507 e. The molecule has 0 aliphatic carbocycles. The van der Waals surface area contributed by atoms with Gasteiger partial charge in [0.2, 0.25) is 10.0 Å². The summed E-state index contributed by atoms with van der Waals surface area (Å²) < 4.78 is 30.0. The van der Waals surface area contributed by atoms with Crippen molar-refractivity contribution in [2.75, 3.05) is 39.0 Å². The van der Waals surface area contributed by atoms with E-state index in [1.54, 1.807) is 17.9 Å². The van der Waals surface area contributed by atoms with Crippen LogP contribution in [-0.4, -0.2) is 67.7 Å². The smallest absolute Gasteiger partial charge is 0.257 e. The summed E-state index contributed by atoms with van der Waals surface area (Å²) in [4.78, 5) is 13.9. The maximum Gasteiger partial charge on any atom is 0.257 e. The normalized spacial score (nSPS) is 16.5. The number of amides is 1. The van der Waals surface area contributed by atoms with Crippen molar-refractivity contribution < 1.29 is 23.1 Å². The van der Waals surface area contributed by atoms with Crippen molar-refractivity contribution in [2.24, 2.45) is 0 Å². The highest BCUT2D eigenvalue weighted by atomic mass is 32.2. The number of piperazine rings is 1. The summed E-state index contributed by atoms with van der Waals surface area (Å²) in [6, 6.07) is 4.49. The first kappa shape index (κ1) is 16.6. The van der Waals surface area contributed by atoms with Crippen LogP contribution in [0.3, 0.4) is 0 Å². The molecule has 1 fully saturated rings. The van der Waals surface area contributed by atoms with Gasteiger partial charge in [0, 0.05) is 32.2 Å². The zero-order valence-corrected chi connectivity index (χ0v) is 13.5. The number of sulfonamides is 1. The van der Waals surface area contributed by atoms with Gasteiger partial charge in [-0.15, -0.1) is 0 Å². The molecular weight excluding hydrogens is 308 g/mol. The number of methoxy groups -OCH3 is 1. The molecule has 0 saturated carbocycles. The van der Waals surface area contributed by atoms with Crippen LogP contribution in [0.2, 0.25) is 0 Å². The van der Waals surface area contributed by atoms with Gasteiger partial charge in [0.05, 0.1) is 18.4 Å². The Hall–Kier alpha value is -1.80. The second kappa shape index (κ2) is 6.53. The van der Waals surface area contributed by atoms with Gasteiger partial charge in [-0.3, -0.25) is 4.79 Å². The van der Waals surface area contributed by atoms with Crippen LogP contribution in [0, 0.1) is 0 Å². The summed E-state index contributed by atoms with van der Waals surface area (Å²) in [6.07, 6.45) is 0. The Balaban J connectivity index is 2.07. The number of aromatic hydroxyl groups is 1. The Morgan fingerprint density at radius 2 is 1.91 bits per heavy atom. The number of benzene rings is 1. The molecule has 0 aromatic heterocycles. The Kier molecular flexibility index (Phi) is 4.92. The predicted molar refractivity (Wildman–Crippen MR) is 81.6 cm³/mol. The van der Waals surface area contributed by atoms with Crippen molar-refractivity contribution in [3.8, 4) is 11.5 Å². The van der Waals surface area contributed by atoms with Crippen LogP contribution in [0.25, 0.3) is 0 Å². The zero-order chi connectivity index (χ0) is 16.3. The van der Waals surface area contributed by atoms with E-state index in [2.05, 4.69) is 0 Å². The molecule has 1 aromatic carbocycles. The quantitative estimate of drug-likeness (QED) is 0.870. The number of carbonyl (C=O) groups is 1. The molecule has 0 atom stereocenters. The summed E-state index contributed by atoms with van der Waals surface area (Å²) in [6.45, 7) is 2.77. The summed E-state index contributed by atoms with van der Waals surface area (Å²) >= 11 is 0. The van der Waals surface area contributed by atoms with Crippen molar-refractivity contribution >= 4 is 15.9 Å². The van der Waals surface area contributed by atoms with Gasteiger partial charge in [-0.1, -0.05) is 0 Å². The third-order valence-electron chi connectivity index (χ3n) is 3.72. The number of ether oxygens (including phenoxy) is 1. The fourth-order valence-corrected chi connectivity index (χ4v) is 3.43. The van der Waals surface area contributed by atoms with Crippen molar-refractivity contribution in [1.82, 2.24) is 9.21 Å². The van der Waals surface area contributed by atoms with Crippen LogP contribution in [0.5, 0.6) is 11.5 Å². The number of rotatable bonds is 4. The lowest BCUT2D eigenvalue weighted by molar-refractivity contribution is 0.0695. The fourth-order valence-electron chi connectivity index (χ4n) is 2.34. The highest BCUT2D eigenvalue weighted by Crippen LogP contribution is 2.25. The van der Waals surface area contributed by atoms with E-state index in [1.165, 1.54) is 23.5 Å². The number of nitrogens with zero attached hydrogens (tertiary/aromatic N) is 2. The van der Waals surface area contributed by atoms with Gasteiger partial charge in [-0.25, -0.2) is 8.42 Å². The number of carbonyl (C=O) groups excluding carboxylic acids is 1. The summed E-state index contributed by atoms with van der Waals surface area (Å²) in [5, 5.41) is 9.91. The summed E-state index contributed by atoms with van der Waals surface area (Å²) in [5.74, 6) is 0.0646. The molecular formula is C14H20N2O5S. The van der Waals surface area contributed by atoms with Crippen LogP contribution in [0.1, 0.15) is 17.3 Å². The lowest BCUT2D eigenvalue weighted by Gasteiger charge is -2.34. The first-order valence-corrected chi connectivity index (χ1v) is 8.64. The molecule has 0 bridgehead atoms. The van der Waals surface area contributed by atoms with E-state index < -0.39 is 10.0 Å². The molecule has 1 saturated heterocycles. The van der Waals surface area contributed by atoms with E-state index in [4.69, 9.17) is 4.74 Å². The minimum absolute atomic E-state index is 0.0558. The summed E-state index contributed by atoms with van der Waals surface area (Å²) in [7, 11) is -1.75. The van der Waals surface area contributed by atoms with Gasteiger partial charge in [0.25, 0.3) is 5.91 Å².